The molecule has 144 valence electrons. The normalized spacial score (nSPS) is 19.9. The number of benzene rings is 1. The van der Waals surface area contributed by atoms with E-state index in [1.807, 2.05) is 23.1 Å². The SMILES string of the molecule is O=C(Cc1ccc(S(=O)(=O)N[C@H]2CCCc3ccccc32)s1)N1CCCC1. The highest BCUT2D eigenvalue weighted by molar-refractivity contribution is 7.91. The quantitative estimate of drug-likeness (QED) is 0.832. The lowest BCUT2D eigenvalue weighted by molar-refractivity contribution is -0.129. The molecule has 1 saturated heterocycles. The van der Waals surface area contributed by atoms with Gasteiger partial charge in [0.2, 0.25) is 5.91 Å². The molecule has 0 radical (unpaired) electrons. The first-order chi connectivity index (χ1) is 13.0. The van der Waals surface area contributed by atoms with Gasteiger partial charge in [-0.2, -0.15) is 0 Å². The van der Waals surface area contributed by atoms with Gasteiger partial charge in [0.05, 0.1) is 6.42 Å². The average Bonchev–Trinajstić information content (AvgIpc) is 3.34. The molecule has 1 aromatic heterocycles. The Kier molecular flexibility index (Phi) is 5.34. The van der Waals surface area contributed by atoms with E-state index in [2.05, 4.69) is 10.8 Å². The molecule has 1 aromatic carbocycles. The summed E-state index contributed by atoms with van der Waals surface area (Å²) < 4.78 is 28.9. The number of carbonyl (C=O) groups excluding carboxylic acids is 1. The first-order valence-electron chi connectivity index (χ1n) is 9.49. The van der Waals surface area contributed by atoms with Gasteiger partial charge in [0.15, 0.2) is 0 Å². The molecule has 27 heavy (non-hydrogen) atoms. The predicted octanol–water partition coefficient (Wildman–Crippen LogP) is 3.27. The number of thiophene rings is 1. The molecule has 1 atom stereocenters. The van der Waals surface area contributed by atoms with E-state index in [4.69, 9.17) is 0 Å². The second-order valence-corrected chi connectivity index (χ2v) is 10.4. The summed E-state index contributed by atoms with van der Waals surface area (Å²) in [7, 11) is -3.59. The number of fused-ring (bicyclic) bond motifs is 1. The minimum absolute atomic E-state index is 0.0902. The van der Waals surface area contributed by atoms with Crippen LogP contribution in [0, 0.1) is 0 Å². The number of nitrogens with zero attached hydrogens (tertiary/aromatic N) is 1. The Morgan fingerprint density at radius 2 is 1.89 bits per heavy atom. The van der Waals surface area contributed by atoms with Crippen molar-refractivity contribution < 1.29 is 13.2 Å². The third-order valence-corrected chi connectivity index (χ3v) is 8.40. The van der Waals surface area contributed by atoms with Crippen LogP contribution in [0.15, 0.2) is 40.6 Å². The highest BCUT2D eigenvalue weighted by Crippen LogP contribution is 2.32. The summed E-state index contributed by atoms with van der Waals surface area (Å²) in [5.74, 6) is 0.0902. The van der Waals surface area contributed by atoms with Crippen molar-refractivity contribution in [2.45, 2.75) is 48.8 Å². The number of sulfonamides is 1. The number of hydrogen-bond donors (Lipinski definition) is 1. The molecule has 0 spiro atoms. The molecule has 0 saturated carbocycles. The van der Waals surface area contributed by atoms with Crippen molar-refractivity contribution in [3.63, 3.8) is 0 Å². The van der Waals surface area contributed by atoms with Crippen LogP contribution < -0.4 is 4.72 Å². The second kappa shape index (κ2) is 7.73. The maximum absolute atomic E-state index is 12.9. The molecule has 2 heterocycles. The molecule has 1 amide bonds. The van der Waals surface area contributed by atoms with Gasteiger partial charge in [-0.1, -0.05) is 24.3 Å². The minimum Gasteiger partial charge on any atom is -0.342 e. The van der Waals surface area contributed by atoms with E-state index in [1.165, 1.54) is 16.9 Å². The zero-order valence-corrected chi connectivity index (χ0v) is 16.8. The lowest BCUT2D eigenvalue weighted by atomic mass is 9.88. The topological polar surface area (TPSA) is 66.5 Å². The van der Waals surface area contributed by atoms with Crippen LogP contribution in [0.2, 0.25) is 0 Å². The van der Waals surface area contributed by atoms with Gasteiger partial charge in [-0.05, 0) is 55.4 Å². The lowest BCUT2D eigenvalue weighted by Gasteiger charge is -2.25. The van der Waals surface area contributed by atoms with Crippen LogP contribution in [0.5, 0.6) is 0 Å². The third-order valence-electron chi connectivity index (χ3n) is 5.35. The lowest BCUT2D eigenvalue weighted by Crippen LogP contribution is -2.30. The fraction of sp³-hybridized carbons (Fsp3) is 0.450. The first kappa shape index (κ1) is 18.7. The van der Waals surface area contributed by atoms with E-state index in [1.54, 1.807) is 12.1 Å². The first-order valence-corrected chi connectivity index (χ1v) is 11.8. The molecule has 2 aromatic rings. The van der Waals surface area contributed by atoms with Crippen LogP contribution >= 0.6 is 11.3 Å². The molecular weight excluding hydrogens is 380 g/mol. The van der Waals surface area contributed by atoms with Crippen LogP contribution in [0.25, 0.3) is 0 Å². The molecule has 1 aliphatic heterocycles. The van der Waals surface area contributed by atoms with Crippen LogP contribution in [0.4, 0.5) is 0 Å². The average molecular weight is 405 g/mol. The molecule has 1 aliphatic carbocycles. The Balaban J connectivity index is 1.47. The monoisotopic (exact) mass is 404 g/mol. The van der Waals surface area contributed by atoms with E-state index in [9.17, 15) is 13.2 Å². The van der Waals surface area contributed by atoms with E-state index in [0.717, 1.165) is 55.6 Å². The predicted molar refractivity (Wildman–Crippen MR) is 106 cm³/mol. The Hall–Kier alpha value is -1.70. The molecule has 1 N–H and O–H groups in total. The Morgan fingerprint density at radius 1 is 1.11 bits per heavy atom. The van der Waals surface area contributed by atoms with Crippen LogP contribution in [0.3, 0.4) is 0 Å². The number of rotatable bonds is 5. The van der Waals surface area contributed by atoms with Crippen molar-refractivity contribution in [2.75, 3.05) is 13.1 Å². The van der Waals surface area contributed by atoms with E-state index in [-0.39, 0.29) is 22.6 Å². The minimum atomic E-state index is -3.59. The fourth-order valence-corrected chi connectivity index (χ4v) is 6.56. The van der Waals surface area contributed by atoms with E-state index in [0.29, 0.717) is 0 Å². The van der Waals surface area contributed by atoms with Gasteiger partial charge >= 0.3 is 0 Å². The number of hydrogen-bond acceptors (Lipinski definition) is 4. The second-order valence-electron chi connectivity index (χ2n) is 7.25. The van der Waals surface area contributed by atoms with Crippen molar-refractivity contribution in [3.05, 3.63) is 52.4 Å². The zero-order chi connectivity index (χ0) is 18.9. The fourth-order valence-electron chi connectivity index (χ4n) is 3.95. The van der Waals surface area contributed by atoms with Gasteiger partial charge in [0.1, 0.15) is 4.21 Å². The maximum atomic E-state index is 12.9. The number of likely N-dealkylation sites (tertiary alicyclic amines) is 1. The van der Waals surface area contributed by atoms with Crippen LogP contribution in [-0.2, 0) is 27.7 Å². The van der Waals surface area contributed by atoms with Gasteiger partial charge in [-0.25, -0.2) is 13.1 Å². The van der Waals surface area contributed by atoms with E-state index >= 15 is 0 Å². The van der Waals surface area contributed by atoms with Gasteiger partial charge in [-0.15, -0.1) is 11.3 Å². The Morgan fingerprint density at radius 3 is 2.70 bits per heavy atom. The summed E-state index contributed by atoms with van der Waals surface area (Å²) in [6, 6.07) is 11.2. The largest absolute Gasteiger partial charge is 0.342 e. The van der Waals surface area contributed by atoms with Crippen molar-refractivity contribution >= 4 is 27.3 Å². The standard InChI is InChI=1S/C20H24N2O3S2/c23-19(22-12-3-4-13-22)14-16-10-11-20(26-16)27(24,25)21-18-9-5-7-15-6-1-2-8-17(15)18/h1-2,6,8,10-11,18,21H,3-5,7,9,12-14H2/t18-/m0/s1. The molecule has 4 rings (SSSR count). The van der Waals surface area contributed by atoms with Gasteiger partial charge in [0, 0.05) is 24.0 Å². The molecule has 2 aliphatic rings. The molecule has 1 fully saturated rings. The summed E-state index contributed by atoms with van der Waals surface area (Å²) in [6.07, 6.45) is 5.18. The zero-order valence-electron chi connectivity index (χ0n) is 15.2. The maximum Gasteiger partial charge on any atom is 0.250 e. The molecule has 7 heteroatoms. The van der Waals surface area contributed by atoms with E-state index < -0.39 is 10.0 Å². The highest BCUT2D eigenvalue weighted by atomic mass is 32.2. The summed E-state index contributed by atoms with van der Waals surface area (Å²) in [5, 5.41) is 0. The van der Waals surface area contributed by atoms with Crippen LogP contribution in [-0.4, -0.2) is 32.3 Å². The molecule has 5 nitrogen and oxygen atoms in total. The van der Waals surface area contributed by atoms with Gasteiger partial charge in [0.25, 0.3) is 10.0 Å². The molecular formula is C20H24N2O3S2. The van der Waals surface area contributed by atoms with Crippen molar-refractivity contribution in [2.24, 2.45) is 0 Å². The highest BCUT2D eigenvalue weighted by Gasteiger charge is 2.27. The number of nitrogens with one attached hydrogen (secondary N) is 1. The van der Waals surface area contributed by atoms with Crippen molar-refractivity contribution in [1.29, 1.82) is 0 Å². The number of aryl methyl sites for hydroxylation is 1. The van der Waals surface area contributed by atoms with Crippen molar-refractivity contribution in [1.82, 2.24) is 9.62 Å². The third kappa shape index (κ3) is 4.10. The number of carbonyl (C=O) groups is 1. The summed E-state index contributed by atoms with van der Waals surface area (Å²) in [6.45, 7) is 1.63. The Labute approximate surface area is 164 Å². The molecule has 0 bridgehead atoms. The summed E-state index contributed by atoms with van der Waals surface area (Å²) in [5.41, 5.74) is 2.30. The number of amides is 1. The van der Waals surface area contributed by atoms with Gasteiger partial charge in [-0.3, -0.25) is 4.79 Å². The summed E-state index contributed by atoms with van der Waals surface area (Å²) in [4.78, 5) is 15.0. The Bertz CT molecular complexity index is 930. The summed E-state index contributed by atoms with van der Waals surface area (Å²) >= 11 is 1.20. The van der Waals surface area contributed by atoms with Crippen LogP contribution in [0.1, 0.15) is 47.7 Å². The van der Waals surface area contributed by atoms with Gasteiger partial charge < -0.3 is 4.90 Å². The smallest absolute Gasteiger partial charge is 0.250 e. The van der Waals surface area contributed by atoms with Crippen molar-refractivity contribution in [3.8, 4) is 0 Å². The molecule has 0 unspecified atom stereocenters.